The minimum Gasteiger partial charge on any atom is -0.511 e. The first-order valence-electron chi connectivity index (χ1n) is 10.8. The van der Waals surface area contributed by atoms with Gasteiger partial charge in [-0.3, -0.25) is 9.59 Å². The highest BCUT2D eigenvalue weighted by molar-refractivity contribution is 6.23. The van der Waals surface area contributed by atoms with Crippen LogP contribution in [0.2, 0.25) is 0 Å². The number of fused-ring (bicyclic) bond motifs is 1. The van der Waals surface area contributed by atoms with E-state index in [2.05, 4.69) is 10.3 Å². The van der Waals surface area contributed by atoms with Crippen LogP contribution < -0.4 is 0 Å². The van der Waals surface area contributed by atoms with Gasteiger partial charge in [0.1, 0.15) is 18.1 Å². The van der Waals surface area contributed by atoms with E-state index in [1.807, 2.05) is 30.3 Å². The minimum atomic E-state index is -0.158. The normalized spacial score (nSPS) is 19.5. The predicted octanol–water partition coefficient (Wildman–Crippen LogP) is 4.48. The molecule has 0 saturated heterocycles. The molecule has 2 aromatic rings. The Kier molecular flexibility index (Phi) is 6.30. The Morgan fingerprint density at radius 1 is 1.19 bits per heavy atom. The van der Waals surface area contributed by atoms with Crippen molar-refractivity contribution in [1.82, 2.24) is 5.16 Å². The van der Waals surface area contributed by atoms with Crippen molar-refractivity contribution >= 4 is 17.3 Å². The summed E-state index contributed by atoms with van der Waals surface area (Å²) in [7, 11) is 0. The van der Waals surface area contributed by atoms with Gasteiger partial charge in [-0.1, -0.05) is 40.6 Å². The van der Waals surface area contributed by atoms with Gasteiger partial charge in [-0.05, 0) is 37.7 Å². The monoisotopic (exact) mass is 422 g/mol. The maximum atomic E-state index is 13.0. The molecule has 0 spiro atoms. The Balaban J connectivity index is 1.56. The van der Waals surface area contributed by atoms with Gasteiger partial charge in [0.2, 0.25) is 0 Å². The Morgan fingerprint density at radius 3 is 2.74 bits per heavy atom. The summed E-state index contributed by atoms with van der Waals surface area (Å²) in [5.41, 5.74) is 2.78. The van der Waals surface area contributed by atoms with Gasteiger partial charge in [0, 0.05) is 25.7 Å². The fourth-order valence-electron chi connectivity index (χ4n) is 4.33. The number of ketones is 2. The quantitative estimate of drug-likeness (QED) is 0.521. The Bertz CT molecular complexity index is 1040. The Hall–Kier alpha value is -3.22. The van der Waals surface area contributed by atoms with Crippen LogP contribution in [-0.4, -0.2) is 34.1 Å². The molecule has 1 heterocycles. The van der Waals surface area contributed by atoms with Crippen LogP contribution in [0.3, 0.4) is 0 Å². The summed E-state index contributed by atoms with van der Waals surface area (Å²) < 4.78 is 5.35. The van der Waals surface area contributed by atoms with Crippen molar-refractivity contribution in [2.75, 3.05) is 6.61 Å². The summed E-state index contributed by atoms with van der Waals surface area (Å²) in [6.45, 7) is 2.15. The maximum absolute atomic E-state index is 13.0. The third-order valence-electron chi connectivity index (χ3n) is 5.82. The lowest BCUT2D eigenvalue weighted by molar-refractivity contribution is -0.116. The number of aromatic nitrogens is 1. The second-order valence-electron chi connectivity index (χ2n) is 7.92. The van der Waals surface area contributed by atoms with Crippen LogP contribution in [-0.2, 0) is 22.5 Å². The van der Waals surface area contributed by atoms with E-state index >= 15 is 0 Å². The molecule has 7 nitrogen and oxygen atoms in total. The van der Waals surface area contributed by atoms with Crippen LogP contribution in [0.15, 0.2) is 51.3 Å². The lowest BCUT2D eigenvalue weighted by Gasteiger charge is -2.24. The van der Waals surface area contributed by atoms with E-state index in [-0.39, 0.29) is 28.8 Å². The predicted molar refractivity (Wildman–Crippen MR) is 114 cm³/mol. The number of Topliss-reactive ketones (excluding diaryl/α,β-unsaturated/α-hetero) is 2. The van der Waals surface area contributed by atoms with E-state index in [0.29, 0.717) is 67.9 Å². The standard InChI is InChI=1S/C24H26N2O5/c1-2-30-25-17(11-12-18-24-19(27)9-6-10-22(24)31-26-18)23-20(28)13-16(14-21(23)29)15-7-4-3-5-8-15/h3-5,7-8,16,28H,2,6,9-14H2,1H3/b25-17+. The van der Waals surface area contributed by atoms with Crippen LogP contribution >= 0.6 is 0 Å². The van der Waals surface area contributed by atoms with E-state index < -0.39 is 0 Å². The summed E-state index contributed by atoms with van der Waals surface area (Å²) in [5.74, 6) is 0.487. The molecule has 2 aliphatic carbocycles. The van der Waals surface area contributed by atoms with Crippen LogP contribution in [0.5, 0.6) is 0 Å². The number of carbonyl (C=O) groups is 2. The first-order chi connectivity index (χ1) is 15.1. The smallest absolute Gasteiger partial charge is 0.168 e. The zero-order chi connectivity index (χ0) is 21.8. The number of aliphatic hydroxyl groups is 1. The van der Waals surface area contributed by atoms with Crippen molar-refractivity contribution in [1.29, 1.82) is 0 Å². The third kappa shape index (κ3) is 4.45. The number of rotatable bonds is 7. The lowest BCUT2D eigenvalue weighted by atomic mass is 9.80. The van der Waals surface area contributed by atoms with Crippen molar-refractivity contribution < 1.29 is 24.1 Å². The van der Waals surface area contributed by atoms with Crippen molar-refractivity contribution in [2.45, 2.75) is 57.8 Å². The zero-order valence-corrected chi connectivity index (χ0v) is 17.6. The molecule has 1 atom stereocenters. The van der Waals surface area contributed by atoms with Gasteiger partial charge < -0.3 is 14.5 Å². The largest absolute Gasteiger partial charge is 0.511 e. The molecule has 31 heavy (non-hydrogen) atoms. The van der Waals surface area contributed by atoms with Crippen LogP contribution in [0.25, 0.3) is 0 Å². The molecule has 4 rings (SSSR count). The summed E-state index contributed by atoms with van der Waals surface area (Å²) in [4.78, 5) is 30.5. The molecule has 7 heteroatoms. The summed E-state index contributed by atoms with van der Waals surface area (Å²) in [6.07, 6.45) is 3.33. The van der Waals surface area contributed by atoms with Gasteiger partial charge in [0.15, 0.2) is 11.6 Å². The molecular formula is C24H26N2O5. The van der Waals surface area contributed by atoms with Gasteiger partial charge in [0.05, 0.1) is 22.5 Å². The maximum Gasteiger partial charge on any atom is 0.168 e. The molecule has 1 aromatic heterocycles. The van der Waals surface area contributed by atoms with E-state index in [9.17, 15) is 14.7 Å². The van der Waals surface area contributed by atoms with Gasteiger partial charge in [0.25, 0.3) is 0 Å². The number of oxime groups is 1. The van der Waals surface area contributed by atoms with Crippen molar-refractivity contribution in [3.63, 3.8) is 0 Å². The number of hydrogen-bond donors (Lipinski definition) is 1. The summed E-state index contributed by atoms with van der Waals surface area (Å²) in [5, 5.41) is 19.0. The van der Waals surface area contributed by atoms with E-state index in [0.717, 1.165) is 12.0 Å². The van der Waals surface area contributed by atoms with Crippen LogP contribution in [0, 0.1) is 0 Å². The average molecular weight is 422 g/mol. The molecule has 0 saturated carbocycles. The number of hydrogen-bond acceptors (Lipinski definition) is 7. The summed E-state index contributed by atoms with van der Waals surface area (Å²) >= 11 is 0. The van der Waals surface area contributed by atoms with Crippen LogP contribution in [0.1, 0.15) is 72.3 Å². The molecule has 1 N–H and O–H groups in total. The second kappa shape index (κ2) is 9.29. The molecule has 0 bridgehead atoms. The molecule has 1 aromatic carbocycles. The average Bonchev–Trinajstić information content (AvgIpc) is 3.19. The third-order valence-corrected chi connectivity index (χ3v) is 5.82. The highest BCUT2D eigenvalue weighted by atomic mass is 16.6. The van der Waals surface area contributed by atoms with Crippen molar-refractivity contribution in [3.8, 4) is 0 Å². The minimum absolute atomic E-state index is 0.0295. The van der Waals surface area contributed by atoms with Crippen molar-refractivity contribution in [2.24, 2.45) is 5.16 Å². The number of aryl methyl sites for hydroxylation is 2. The SMILES string of the molecule is CCO/N=C(\CCc1noc2c1C(=O)CCC2)C1=C(O)CC(c2ccccc2)CC1=O. The van der Waals surface area contributed by atoms with Gasteiger partial charge in [-0.2, -0.15) is 0 Å². The number of aliphatic hydroxyl groups excluding tert-OH is 1. The molecule has 0 fully saturated rings. The van der Waals surface area contributed by atoms with Crippen LogP contribution in [0.4, 0.5) is 0 Å². The number of benzene rings is 1. The molecular weight excluding hydrogens is 396 g/mol. The first kappa shape index (κ1) is 21.0. The van der Waals surface area contributed by atoms with E-state index in [1.54, 1.807) is 6.92 Å². The molecule has 1 unspecified atom stereocenters. The fourth-order valence-corrected chi connectivity index (χ4v) is 4.33. The highest BCUT2D eigenvalue weighted by Gasteiger charge is 2.32. The highest BCUT2D eigenvalue weighted by Crippen LogP contribution is 2.35. The molecule has 0 radical (unpaired) electrons. The first-order valence-corrected chi connectivity index (χ1v) is 10.8. The Labute approximate surface area is 180 Å². The van der Waals surface area contributed by atoms with Crippen molar-refractivity contribution in [3.05, 3.63) is 64.2 Å². The number of carbonyl (C=O) groups excluding carboxylic acids is 2. The number of nitrogens with zero attached hydrogens (tertiary/aromatic N) is 2. The fraction of sp³-hybridized carbons (Fsp3) is 0.417. The second-order valence-corrected chi connectivity index (χ2v) is 7.92. The molecule has 2 aliphatic rings. The lowest BCUT2D eigenvalue weighted by Crippen LogP contribution is -2.24. The Morgan fingerprint density at radius 2 is 2.00 bits per heavy atom. The van der Waals surface area contributed by atoms with Gasteiger partial charge in [-0.25, -0.2) is 0 Å². The van der Waals surface area contributed by atoms with E-state index in [4.69, 9.17) is 9.36 Å². The summed E-state index contributed by atoms with van der Waals surface area (Å²) in [6, 6.07) is 9.72. The zero-order valence-electron chi connectivity index (χ0n) is 17.6. The van der Waals surface area contributed by atoms with E-state index in [1.165, 1.54) is 0 Å². The van der Waals surface area contributed by atoms with Gasteiger partial charge >= 0.3 is 0 Å². The molecule has 0 amide bonds. The van der Waals surface area contributed by atoms with Gasteiger partial charge in [-0.15, -0.1) is 0 Å². The molecule has 0 aliphatic heterocycles. The molecule has 162 valence electrons. The topological polar surface area (TPSA) is 102 Å². The number of allylic oxidation sites excluding steroid dienone is 2.